The number of ether oxygens (including phenoxy) is 1. The molecular weight excluding hydrogens is 693 g/mol. The van der Waals surface area contributed by atoms with Crippen LogP contribution in [0.1, 0.15) is 41.5 Å². The molecule has 0 bridgehead atoms. The molecule has 48 heavy (non-hydrogen) atoms. The summed E-state index contributed by atoms with van der Waals surface area (Å²) in [7, 11) is -3.63. The molecule has 0 saturated carbocycles. The summed E-state index contributed by atoms with van der Waals surface area (Å²) in [6.45, 7) is 3.16. The monoisotopic (exact) mass is 722 g/mol. The number of aromatic nitrogens is 3. The van der Waals surface area contributed by atoms with Gasteiger partial charge in [-0.1, -0.05) is 23.4 Å². The van der Waals surface area contributed by atoms with Crippen molar-refractivity contribution in [3.8, 4) is 11.4 Å². The van der Waals surface area contributed by atoms with Crippen LogP contribution in [-0.2, 0) is 27.5 Å². The predicted octanol–water partition coefficient (Wildman–Crippen LogP) is 5.78. The Labute approximate surface area is 283 Å². The Balaban J connectivity index is 1.30. The number of hydrogen-bond acceptors (Lipinski definition) is 8. The van der Waals surface area contributed by atoms with Crippen LogP contribution < -0.4 is 15.4 Å². The lowest BCUT2D eigenvalue weighted by Crippen LogP contribution is -2.28. The third-order valence-corrected chi connectivity index (χ3v) is 10.4. The highest BCUT2D eigenvalue weighted by Gasteiger charge is 2.31. The van der Waals surface area contributed by atoms with Crippen LogP contribution in [0.25, 0.3) is 5.69 Å². The van der Waals surface area contributed by atoms with Crippen molar-refractivity contribution in [3.63, 3.8) is 0 Å². The van der Waals surface area contributed by atoms with E-state index in [2.05, 4.69) is 20.8 Å². The average molecular weight is 723 g/mol. The van der Waals surface area contributed by atoms with E-state index in [1.165, 1.54) is 28.6 Å². The maximum Gasteiger partial charge on any atom is 0.416 e. The molecule has 3 aromatic carbocycles. The highest BCUT2D eigenvalue weighted by atomic mass is 35.5. The molecule has 0 radical (unpaired) electrons. The first kappa shape index (κ1) is 35.2. The number of amides is 2. The Hall–Kier alpha value is -4.12. The predicted molar refractivity (Wildman–Crippen MR) is 174 cm³/mol. The van der Waals surface area contributed by atoms with Gasteiger partial charge in [0, 0.05) is 24.3 Å². The summed E-state index contributed by atoms with van der Waals surface area (Å²) in [6, 6.07) is 15.3. The molecule has 1 saturated heterocycles. The van der Waals surface area contributed by atoms with Gasteiger partial charge in [-0.3, -0.25) is 14.2 Å². The number of carbonyl (C=O) groups is 2. The fourth-order valence-corrected chi connectivity index (χ4v) is 7.31. The molecule has 2 heterocycles. The van der Waals surface area contributed by atoms with Crippen molar-refractivity contribution in [1.82, 2.24) is 24.4 Å². The summed E-state index contributed by atoms with van der Waals surface area (Å²) in [5.41, 5.74) is -0.315. The average Bonchev–Trinajstić information content (AvgIpc) is 3.75. The fraction of sp³-hybridized carbons (Fsp3) is 0.290. The molecule has 0 unspecified atom stereocenters. The van der Waals surface area contributed by atoms with Gasteiger partial charge in [0.15, 0.2) is 11.0 Å². The molecule has 5 rings (SSSR count). The van der Waals surface area contributed by atoms with Gasteiger partial charge in [0.05, 0.1) is 40.1 Å². The molecule has 2 N–H and O–H groups in total. The summed E-state index contributed by atoms with van der Waals surface area (Å²) in [6.07, 6.45) is -3.00. The van der Waals surface area contributed by atoms with E-state index >= 15 is 0 Å². The van der Waals surface area contributed by atoms with Crippen LogP contribution in [0.3, 0.4) is 0 Å². The van der Waals surface area contributed by atoms with Crippen LogP contribution in [0.4, 0.5) is 18.9 Å². The van der Waals surface area contributed by atoms with Gasteiger partial charge in [0.1, 0.15) is 5.75 Å². The second kappa shape index (κ2) is 15.0. The zero-order valence-corrected chi connectivity index (χ0v) is 27.8. The molecule has 0 aliphatic carbocycles. The van der Waals surface area contributed by atoms with Gasteiger partial charge in [0.2, 0.25) is 15.9 Å². The first-order valence-electron chi connectivity index (χ1n) is 14.7. The van der Waals surface area contributed by atoms with Gasteiger partial charge in [-0.15, -0.1) is 10.2 Å². The van der Waals surface area contributed by atoms with E-state index in [9.17, 15) is 31.2 Å². The standard InChI is InChI=1S/C31H30ClF3N6O5S2/c1-2-46-23-10-8-22(9-11-23)41-27(18-36-29(43)20-5-12-24(13-6-20)48(44,45)40-15-3-4-16-40)38-39-30(41)47-19-28(42)37-26-17-21(31(33,34)35)7-14-25(26)32/h5-14,17H,2-4,15-16,18-19H2,1H3,(H,36,43)(H,37,42). The lowest BCUT2D eigenvalue weighted by atomic mass is 10.2. The van der Waals surface area contributed by atoms with E-state index in [1.54, 1.807) is 28.8 Å². The van der Waals surface area contributed by atoms with Crippen molar-refractivity contribution in [2.45, 2.75) is 42.5 Å². The Morgan fingerprint density at radius 1 is 1.00 bits per heavy atom. The minimum atomic E-state index is -4.61. The van der Waals surface area contributed by atoms with Gasteiger partial charge >= 0.3 is 6.18 Å². The lowest BCUT2D eigenvalue weighted by Gasteiger charge is -2.15. The molecule has 11 nitrogen and oxygen atoms in total. The van der Waals surface area contributed by atoms with Gasteiger partial charge in [-0.05, 0) is 86.5 Å². The van der Waals surface area contributed by atoms with E-state index < -0.39 is 33.6 Å². The van der Waals surface area contributed by atoms with Gasteiger partial charge in [0.25, 0.3) is 5.91 Å². The lowest BCUT2D eigenvalue weighted by molar-refractivity contribution is -0.137. The molecule has 4 aromatic rings. The molecule has 1 fully saturated rings. The van der Waals surface area contributed by atoms with Crippen molar-refractivity contribution < 1.29 is 35.9 Å². The van der Waals surface area contributed by atoms with E-state index in [4.69, 9.17) is 16.3 Å². The molecule has 17 heteroatoms. The molecule has 1 aliphatic heterocycles. The Bertz CT molecular complexity index is 1880. The molecule has 0 spiro atoms. The third kappa shape index (κ3) is 8.29. The number of sulfonamides is 1. The number of carbonyl (C=O) groups excluding carboxylic acids is 2. The largest absolute Gasteiger partial charge is 0.494 e. The first-order chi connectivity index (χ1) is 22.9. The summed E-state index contributed by atoms with van der Waals surface area (Å²) < 4.78 is 73.7. The number of hydrogen-bond donors (Lipinski definition) is 2. The van der Waals surface area contributed by atoms with Crippen molar-refractivity contribution in [1.29, 1.82) is 0 Å². The highest BCUT2D eigenvalue weighted by molar-refractivity contribution is 7.99. The highest BCUT2D eigenvalue weighted by Crippen LogP contribution is 2.34. The minimum absolute atomic E-state index is 0.0558. The zero-order chi connectivity index (χ0) is 34.5. The minimum Gasteiger partial charge on any atom is -0.494 e. The SMILES string of the molecule is CCOc1ccc(-n2c(CNC(=O)c3ccc(S(=O)(=O)N4CCCC4)cc3)nnc2SCC(=O)Nc2cc(C(F)(F)F)ccc2Cl)cc1. The van der Waals surface area contributed by atoms with Crippen molar-refractivity contribution in [3.05, 3.63) is 88.7 Å². The normalized spacial score (nSPS) is 13.8. The number of benzene rings is 3. The molecule has 1 aromatic heterocycles. The first-order valence-corrected chi connectivity index (χ1v) is 17.5. The van der Waals surface area contributed by atoms with Crippen LogP contribution in [0.5, 0.6) is 5.75 Å². The van der Waals surface area contributed by atoms with Crippen molar-refractivity contribution in [2.75, 3.05) is 30.8 Å². The van der Waals surface area contributed by atoms with Crippen LogP contribution in [0, 0.1) is 0 Å². The van der Waals surface area contributed by atoms with Crippen LogP contribution >= 0.6 is 23.4 Å². The number of nitrogens with one attached hydrogen (secondary N) is 2. The van der Waals surface area contributed by atoms with Crippen LogP contribution in [-0.4, -0.2) is 64.8 Å². The van der Waals surface area contributed by atoms with E-state index in [-0.39, 0.29) is 38.6 Å². The van der Waals surface area contributed by atoms with Crippen LogP contribution in [0.2, 0.25) is 5.02 Å². The quantitative estimate of drug-likeness (QED) is 0.176. The summed E-state index contributed by atoms with van der Waals surface area (Å²) in [4.78, 5) is 25.9. The number of nitrogens with zero attached hydrogens (tertiary/aromatic N) is 4. The molecule has 1 aliphatic rings. The molecule has 2 amide bonds. The number of alkyl halides is 3. The smallest absolute Gasteiger partial charge is 0.416 e. The summed E-state index contributed by atoms with van der Waals surface area (Å²) in [5, 5.41) is 13.8. The Kier molecular flexibility index (Phi) is 11.0. The summed E-state index contributed by atoms with van der Waals surface area (Å²) in [5.74, 6) is -0.434. The van der Waals surface area contributed by atoms with E-state index in [0.717, 1.165) is 42.8 Å². The van der Waals surface area contributed by atoms with Gasteiger partial charge in [-0.25, -0.2) is 8.42 Å². The topological polar surface area (TPSA) is 136 Å². The van der Waals surface area contributed by atoms with Crippen molar-refractivity contribution in [2.24, 2.45) is 0 Å². The second-order valence-electron chi connectivity index (χ2n) is 10.5. The second-order valence-corrected chi connectivity index (χ2v) is 13.8. The molecular formula is C31H30ClF3N6O5S2. The van der Waals surface area contributed by atoms with E-state index in [1.807, 2.05) is 6.92 Å². The number of anilines is 1. The number of rotatable bonds is 12. The van der Waals surface area contributed by atoms with E-state index in [0.29, 0.717) is 37.0 Å². The zero-order valence-electron chi connectivity index (χ0n) is 25.5. The number of halogens is 4. The Morgan fingerprint density at radius 3 is 2.33 bits per heavy atom. The molecule has 254 valence electrons. The molecule has 0 atom stereocenters. The Morgan fingerprint density at radius 2 is 1.69 bits per heavy atom. The fourth-order valence-electron chi connectivity index (χ4n) is 4.86. The van der Waals surface area contributed by atoms with Crippen molar-refractivity contribution >= 4 is 50.9 Å². The number of thioether (sulfide) groups is 1. The van der Waals surface area contributed by atoms with Crippen LogP contribution in [0.15, 0.2) is 76.8 Å². The maximum atomic E-state index is 13.2. The van der Waals surface area contributed by atoms with Gasteiger partial charge < -0.3 is 15.4 Å². The third-order valence-electron chi connectivity index (χ3n) is 7.23. The summed E-state index contributed by atoms with van der Waals surface area (Å²) >= 11 is 6.99. The maximum absolute atomic E-state index is 13.2. The van der Waals surface area contributed by atoms with Gasteiger partial charge in [-0.2, -0.15) is 17.5 Å².